The molecule has 0 spiro atoms. The molecule has 0 saturated heterocycles. The third-order valence-electron chi connectivity index (χ3n) is 9.47. The van der Waals surface area contributed by atoms with Crippen LogP contribution in [0, 0.1) is 17.8 Å². The van der Waals surface area contributed by atoms with Crippen molar-refractivity contribution in [1.82, 2.24) is 0 Å². The number of hydrogen-bond acceptors (Lipinski definition) is 9. The zero-order valence-electron chi connectivity index (χ0n) is 30.5. The first-order valence-corrected chi connectivity index (χ1v) is 19.3. The molecule has 1 aliphatic carbocycles. The van der Waals surface area contributed by atoms with Crippen molar-refractivity contribution in [2.24, 2.45) is 17.8 Å². The third-order valence-corrected chi connectivity index (χ3v) is 9.47. The van der Waals surface area contributed by atoms with Crippen LogP contribution in [-0.2, 0) is 23.9 Å². The molecular formula is C39H70O9. The second kappa shape index (κ2) is 27.9. The molecule has 4 N–H and O–H groups in total. The van der Waals surface area contributed by atoms with E-state index in [1.807, 2.05) is 0 Å². The maximum Gasteiger partial charge on any atom is 0.306 e. The molecule has 1 saturated carbocycles. The highest BCUT2D eigenvalue weighted by atomic mass is 16.6. The minimum atomic E-state index is -0.892. The Labute approximate surface area is 291 Å². The van der Waals surface area contributed by atoms with Gasteiger partial charge in [-0.3, -0.25) is 14.4 Å². The second-order valence-electron chi connectivity index (χ2n) is 14.5. The summed E-state index contributed by atoms with van der Waals surface area (Å²) in [5.74, 6) is -0.913. The molecule has 6 atom stereocenters. The van der Waals surface area contributed by atoms with E-state index in [1.54, 1.807) is 12.2 Å². The number of carbonyl (C=O) groups excluding carboxylic acids is 3. The summed E-state index contributed by atoms with van der Waals surface area (Å²) in [6, 6.07) is 0. The third kappa shape index (κ3) is 22.0. The number of hydrogen-bond donors (Lipinski definition) is 4. The van der Waals surface area contributed by atoms with Crippen LogP contribution in [0.2, 0.25) is 0 Å². The van der Waals surface area contributed by atoms with Gasteiger partial charge in [0.1, 0.15) is 12.4 Å². The van der Waals surface area contributed by atoms with Gasteiger partial charge in [-0.15, -0.1) is 0 Å². The fraction of sp³-hybridized carbons (Fsp3) is 0.872. The number of ether oxygens (including phenoxy) is 2. The molecule has 1 fully saturated rings. The molecule has 0 aromatic heterocycles. The summed E-state index contributed by atoms with van der Waals surface area (Å²) in [5.41, 5.74) is 0. The van der Waals surface area contributed by atoms with Crippen molar-refractivity contribution in [2.45, 2.75) is 186 Å². The van der Waals surface area contributed by atoms with E-state index in [9.17, 15) is 34.8 Å². The maximum absolute atomic E-state index is 12.7. The van der Waals surface area contributed by atoms with Crippen LogP contribution >= 0.6 is 0 Å². The van der Waals surface area contributed by atoms with Gasteiger partial charge in [0.05, 0.1) is 24.9 Å². The quantitative estimate of drug-likeness (QED) is 0.0352. The lowest BCUT2D eigenvalue weighted by Gasteiger charge is -2.20. The molecule has 0 radical (unpaired) electrons. The smallest absolute Gasteiger partial charge is 0.306 e. The first kappa shape index (κ1) is 44.2. The van der Waals surface area contributed by atoms with Gasteiger partial charge in [0, 0.05) is 43.9 Å². The molecule has 280 valence electrons. The van der Waals surface area contributed by atoms with Crippen LogP contribution in [0.4, 0.5) is 0 Å². The van der Waals surface area contributed by atoms with E-state index in [1.165, 1.54) is 51.4 Å². The summed E-state index contributed by atoms with van der Waals surface area (Å²) < 4.78 is 10.5. The van der Waals surface area contributed by atoms with E-state index in [0.717, 1.165) is 44.4 Å². The van der Waals surface area contributed by atoms with Crippen molar-refractivity contribution >= 4 is 17.7 Å². The van der Waals surface area contributed by atoms with E-state index in [4.69, 9.17) is 9.47 Å². The number of aliphatic hydroxyl groups is 4. The number of ketones is 1. The van der Waals surface area contributed by atoms with Crippen LogP contribution in [0.5, 0.6) is 0 Å². The Morgan fingerprint density at radius 3 is 1.94 bits per heavy atom. The molecule has 9 heteroatoms. The topological polar surface area (TPSA) is 151 Å². The van der Waals surface area contributed by atoms with Gasteiger partial charge in [-0.1, -0.05) is 116 Å². The summed E-state index contributed by atoms with van der Waals surface area (Å²) in [6.45, 7) is 6.02. The summed E-state index contributed by atoms with van der Waals surface area (Å²) >= 11 is 0. The Hall–Kier alpha value is -1.81. The van der Waals surface area contributed by atoms with E-state index >= 15 is 0 Å². The molecule has 9 nitrogen and oxygen atoms in total. The van der Waals surface area contributed by atoms with Crippen LogP contribution in [0.15, 0.2) is 12.2 Å². The molecule has 0 unspecified atom stereocenters. The van der Waals surface area contributed by atoms with Gasteiger partial charge in [0.2, 0.25) is 0 Å². The van der Waals surface area contributed by atoms with Crippen molar-refractivity contribution in [3.63, 3.8) is 0 Å². The van der Waals surface area contributed by atoms with Crippen LogP contribution < -0.4 is 0 Å². The Morgan fingerprint density at radius 1 is 0.750 bits per heavy atom. The molecule has 0 aromatic rings. The standard InChI is InChI=1S/C39H70O9/c1-4-5-14-20-31(41)24-25-34-35(37(44)27-36(34)43)26-32(42)21-17-18-22-38(45)47-29-33(28-40)48-39(46)23-16-13-11-9-7-6-8-10-12-15-19-30(2)3/h24-25,30-31,33-37,40-41,43-44H,4-23,26-29H2,1-3H3/b25-24+/t31-,33-,34+,35+,36+,37-/m0/s1. The van der Waals surface area contributed by atoms with Gasteiger partial charge < -0.3 is 29.9 Å². The van der Waals surface area contributed by atoms with E-state index in [0.29, 0.717) is 19.3 Å². The number of rotatable bonds is 30. The zero-order chi connectivity index (χ0) is 35.6. The minimum Gasteiger partial charge on any atom is -0.462 e. The number of Topliss-reactive ketones (excluding diaryl/α,β-unsaturated/α-hetero) is 1. The lowest BCUT2D eigenvalue weighted by molar-refractivity contribution is -0.161. The van der Waals surface area contributed by atoms with Crippen molar-refractivity contribution in [3.8, 4) is 0 Å². The van der Waals surface area contributed by atoms with Crippen molar-refractivity contribution in [3.05, 3.63) is 12.2 Å². The predicted octanol–water partition coefficient (Wildman–Crippen LogP) is 7.15. The zero-order valence-corrected chi connectivity index (χ0v) is 30.5. The van der Waals surface area contributed by atoms with Crippen LogP contribution in [-0.4, -0.2) is 75.8 Å². The van der Waals surface area contributed by atoms with Gasteiger partial charge in [-0.25, -0.2) is 0 Å². The minimum absolute atomic E-state index is 0.0430. The molecule has 1 aliphatic rings. The van der Waals surface area contributed by atoms with Crippen LogP contribution in [0.1, 0.15) is 162 Å². The second-order valence-corrected chi connectivity index (χ2v) is 14.5. The monoisotopic (exact) mass is 683 g/mol. The average Bonchev–Trinajstić information content (AvgIpc) is 3.31. The lowest BCUT2D eigenvalue weighted by Crippen LogP contribution is -2.28. The van der Waals surface area contributed by atoms with Crippen LogP contribution in [0.3, 0.4) is 0 Å². The number of unbranched alkanes of at least 4 members (excludes halogenated alkanes) is 12. The van der Waals surface area contributed by atoms with Gasteiger partial charge in [0.25, 0.3) is 0 Å². The first-order chi connectivity index (χ1) is 23.1. The van der Waals surface area contributed by atoms with Crippen molar-refractivity contribution in [1.29, 1.82) is 0 Å². The molecule has 0 aromatic carbocycles. The van der Waals surface area contributed by atoms with Crippen molar-refractivity contribution in [2.75, 3.05) is 13.2 Å². The Kier molecular flexibility index (Phi) is 25.7. The Balaban J connectivity index is 2.16. The predicted molar refractivity (Wildman–Crippen MR) is 189 cm³/mol. The summed E-state index contributed by atoms with van der Waals surface area (Å²) in [6.07, 6.45) is 19.1. The van der Waals surface area contributed by atoms with Gasteiger partial charge in [-0.05, 0) is 31.6 Å². The normalized spacial score (nSPS) is 20.8. The SMILES string of the molecule is CCCCC[C@H](O)/C=C/[C@@H]1[C@@H](CC(=O)CCCCC(=O)OC[C@H](CO)OC(=O)CCCCCCCCCCCCC(C)C)[C@@H](O)C[C@H]1O. The molecule has 48 heavy (non-hydrogen) atoms. The summed E-state index contributed by atoms with van der Waals surface area (Å²) in [7, 11) is 0. The molecule has 0 aliphatic heterocycles. The largest absolute Gasteiger partial charge is 0.462 e. The molecule has 0 heterocycles. The number of aliphatic hydroxyl groups excluding tert-OH is 4. The highest BCUT2D eigenvalue weighted by Gasteiger charge is 2.41. The fourth-order valence-electron chi connectivity index (χ4n) is 6.44. The van der Waals surface area contributed by atoms with E-state index in [2.05, 4.69) is 20.8 Å². The first-order valence-electron chi connectivity index (χ1n) is 19.3. The molecule has 0 bridgehead atoms. The van der Waals surface area contributed by atoms with E-state index < -0.39 is 48.9 Å². The number of esters is 2. The molecule has 0 amide bonds. The molecular weight excluding hydrogens is 612 g/mol. The lowest BCUT2D eigenvalue weighted by atomic mass is 9.87. The molecule has 1 rings (SSSR count). The van der Waals surface area contributed by atoms with Gasteiger partial charge in [-0.2, -0.15) is 0 Å². The Morgan fingerprint density at radius 2 is 1.31 bits per heavy atom. The number of carbonyl (C=O) groups is 3. The average molecular weight is 683 g/mol. The maximum atomic E-state index is 12.7. The van der Waals surface area contributed by atoms with Crippen molar-refractivity contribution < 1.29 is 44.3 Å². The summed E-state index contributed by atoms with van der Waals surface area (Å²) in [5, 5.41) is 40.6. The fourth-order valence-corrected chi connectivity index (χ4v) is 6.44. The van der Waals surface area contributed by atoms with Gasteiger partial charge in [0.15, 0.2) is 6.10 Å². The highest BCUT2D eigenvalue weighted by Crippen LogP contribution is 2.36. The van der Waals surface area contributed by atoms with E-state index in [-0.39, 0.29) is 50.4 Å². The van der Waals surface area contributed by atoms with Gasteiger partial charge >= 0.3 is 11.9 Å². The van der Waals surface area contributed by atoms with Crippen LogP contribution in [0.25, 0.3) is 0 Å². The Bertz CT molecular complexity index is 874. The highest BCUT2D eigenvalue weighted by molar-refractivity contribution is 5.79. The summed E-state index contributed by atoms with van der Waals surface area (Å²) in [4.78, 5) is 37.0.